The molecule has 498 valence electrons. The molecule has 0 aromatic heterocycles. The minimum atomic E-state index is -4.64. The van der Waals surface area contributed by atoms with Crippen molar-refractivity contribution in [2.75, 3.05) is 40.9 Å². The molecule has 0 aromatic carbocycles. The van der Waals surface area contributed by atoms with E-state index >= 15 is 0 Å². The first-order valence-electron chi connectivity index (χ1n) is 35.1. The van der Waals surface area contributed by atoms with Gasteiger partial charge in [0.25, 0.3) is 7.82 Å². The minimum Gasteiger partial charge on any atom is -0.756 e. The number of allylic oxidation sites excluding steroid dienone is 29. The molecule has 0 radical (unpaired) electrons. The largest absolute Gasteiger partial charge is 0.756 e. The van der Waals surface area contributed by atoms with Crippen LogP contribution in [-0.2, 0) is 18.4 Å². The second kappa shape index (κ2) is 67.0. The Morgan fingerprint density at radius 1 is 0.409 bits per heavy atom. The Morgan fingerprint density at radius 3 is 1.06 bits per heavy atom. The Bertz CT molecular complexity index is 2090. The van der Waals surface area contributed by atoms with E-state index in [1.54, 1.807) is 6.08 Å². The van der Waals surface area contributed by atoms with Gasteiger partial charge < -0.3 is 28.8 Å². The number of phosphoric acid groups is 1. The van der Waals surface area contributed by atoms with Crippen LogP contribution in [-0.4, -0.2) is 68.5 Å². The fraction of sp³-hybridized carbons (Fsp3) is 0.608. The molecule has 0 rings (SSSR count). The molecule has 0 saturated heterocycles. The van der Waals surface area contributed by atoms with E-state index in [9.17, 15) is 19.4 Å². The highest BCUT2D eigenvalue weighted by Gasteiger charge is 2.23. The highest BCUT2D eigenvalue weighted by Crippen LogP contribution is 2.38. The molecule has 0 aromatic rings. The fourth-order valence-corrected chi connectivity index (χ4v) is 9.89. The first-order chi connectivity index (χ1) is 43.0. The molecule has 88 heavy (non-hydrogen) atoms. The number of nitrogens with one attached hydrogen (secondary N) is 1. The summed E-state index contributed by atoms with van der Waals surface area (Å²) in [5.74, 6) is -0.242. The van der Waals surface area contributed by atoms with Crippen molar-refractivity contribution in [3.63, 3.8) is 0 Å². The summed E-state index contributed by atoms with van der Waals surface area (Å²) >= 11 is 0. The molecule has 0 bridgehead atoms. The lowest BCUT2D eigenvalue weighted by Gasteiger charge is -2.29. The molecule has 3 atom stereocenters. The molecular formula is C79H131N2O6P. The normalized spacial score (nSPS) is 14.8. The number of aliphatic hydroxyl groups excluding tert-OH is 1. The van der Waals surface area contributed by atoms with E-state index < -0.39 is 26.6 Å². The van der Waals surface area contributed by atoms with Crippen molar-refractivity contribution in [2.45, 2.75) is 270 Å². The number of rotatable bonds is 62. The molecular weight excluding hydrogens is 1100 g/mol. The monoisotopic (exact) mass is 1230 g/mol. The zero-order chi connectivity index (χ0) is 64.1. The van der Waals surface area contributed by atoms with Crippen LogP contribution in [0.15, 0.2) is 182 Å². The molecule has 0 aliphatic heterocycles. The lowest BCUT2D eigenvalue weighted by molar-refractivity contribution is -0.870. The van der Waals surface area contributed by atoms with Crippen LogP contribution >= 0.6 is 7.82 Å². The van der Waals surface area contributed by atoms with Crippen molar-refractivity contribution < 1.29 is 32.9 Å². The molecule has 0 fully saturated rings. The van der Waals surface area contributed by atoms with E-state index in [2.05, 4.69) is 189 Å². The number of carbonyl (C=O) groups excluding carboxylic acids is 1. The van der Waals surface area contributed by atoms with E-state index in [-0.39, 0.29) is 18.9 Å². The Morgan fingerprint density at radius 2 is 0.705 bits per heavy atom. The molecule has 0 aliphatic rings. The highest BCUT2D eigenvalue weighted by molar-refractivity contribution is 7.45. The van der Waals surface area contributed by atoms with E-state index in [4.69, 9.17) is 9.05 Å². The van der Waals surface area contributed by atoms with Crippen LogP contribution < -0.4 is 10.2 Å². The zero-order valence-electron chi connectivity index (χ0n) is 56.8. The first-order valence-corrected chi connectivity index (χ1v) is 36.6. The zero-order valence-corrected chi connectivity index (χ0v) is 57.7. The molecule has 9 heteroatoms. The van der Waals surface area contributed by atoms with Crippen molar-refractivity contribution in [1.29, 1.82) is 0 Å². The maximum absolute atomic E-state index is 13.0. The average Bonchev–Trinajstić information content (AvgIpc) is 3.71. The van der Waals surface area contributed by atoms with Gasteiger partial charge in [-0.2, -0.15) is 0 Å². The van der Waals surface area contributed by atoms with Gasteiger partial charge in [-0.3, -0.25) is 9.36 Å². The summed E-state index contributed by atoms with van der Waals surface area (Å²) < 4.78 is 23.4. The van der Waals surface area contributed by atoms with E-state index in [0.29, 0.717) is 23.9 Å². The van der Waals surface area contributed by atoms with Crippen molar-refractivity contribution in [1.82, 2.24) is 5.32 Å². The summed E-state index contributed by atoms with van der Waals surface area (Å²) in [4.78, 5) is 25.6. The van der Waals surface area contributed by atoms with Gasteiger partial charge in [-0.05, 0) is 135 Å². The SMILES string of the molecule is CC/C=C\C/C=C\C/C=C\C/C=C\C/C=C\C/C=C\C/C=C\C/C=C\C/C=C\C/C=C\C/C=C\C/C=C\CCCCCCC(=O)NC(COP(=O)([O-])OCC[N+](C)(C)C)C(O)/C=C/CC/C=C/CC/C=C/CCCCCCCCCCCCCCCCC. The van der Waals surface area contributed by atoms with Gasteiger partial charge in [0, 0.05) is 6.42 Å². The Hall–Kier alpha value is -4.40. The quantitative estimate of drug-likeness (QED) is 0.0272. The minimum absolute atomic E-state index is 0.0241. The number of quaternary nitrogens is 1. The van der Waals surface area contributed by atoms with Crippen molar-refractivity contribution in [3.8, 4) is 0 Å². The molecule has 0 saturated carbocycles. The van der Waals surface area contributed by atoms with E-state index in [1.807, 2.05) is 27.2 Å². The third-order valence-electron chi connectivity index (χ3n) is 14.6. The summed E-state index contributed by atoms with van der Waals surface area (Å²) in [6.45, 7) is 4.48. The first kappa shape index (κ1) is 83.6. The topological polar surface area (TPSA) is 108 Å². The van der Waals surface area contributed by atoms with Gasteiger partial charge in [0.1, 0.15) is 13.2 Å². The molecule has 0 heterocycles. The molecule has 0 aliphatic carbocycles. The van der Waals surface area contributed by atoms with Crippen molar-refractivity contribution in [3.05, 3.63) is 182 Å². The van der Waals surface area contributed by atoms with Crippen molar-refractivity contribution >= 4 is 13.7 Å². The van der Waals surface area contributed by atoms with Crippen LogP contribution in [0.5, 0.6) is 0 Å². The van der Waals surface area contributed by atoms with Gasteiger partial charge in [-0.15, -0.1) is 0 Å². The van der Waals surface area contributed by atoms with Crippen LogP contribution in [0, 0.1) is 0 Å². The van der Waals surface area contributed by atoms with Gasteiger partial charge in [0.2, 0.25) is 5.91 Å². The summed E-state index contributed by atoms with van der Waals surface area (Å²) in [5, 5.41) is 13.9. The van der Waals surface area contributed by atoms with E-state index in [1.165, 1.54) is 103 Å². The second-order valence-corrected chi connectivity index (χ2v) is 25.5. The lowest BCUT2D eigenvalue weighted by Crippen LogP contribution is -2.45. The van der Waals surface area contributed by atoms with Gasteiger partial charge in [-0.25, -0.2) is 0 Å². The third-order valence-corrected chi connectivity index (χ3v) is 15.5. The number of unbranched alkanes of at least 4 members (excludes halogenated alkanes) is 21. The van der Waals surface area contributed by atoms with Crippen molar-refractivity contribution in [2.24, 2.45) is 0 Å². The highest BCUT2D eigenvalue weighted by atomic mass is 31.2. The van der Waals surface area contributed by atoms with Gasteiger partial charge in [0.05, 0.1) is 39.9 Å². The number of carbonyl (C=O) groups is 1. The lowest BCUT2D eigenvalue weighted by atomic mass is 10.0. The number of amides is 1. The predicted octanol–water partition coefficient (Wildman–Crippen LogP) is 22.2. The predicted molar refractivity (Wildman–Crippen MR) is 384 cm³/mol. The van der Waals surface area contributed by atoms with Crippen LogP contribution in [0.1, 0.15) is 258 Å². The van der Waals surface area contributed by atoms with Crippen LogP contribution in [0.2, 0.25) is 0 Å². The van der Waals surface area contributed by atoms with Crippen LogP contribution in [0.25, 0.3) is 0 Å². The summed E-state index contributed by atoms with van der Waals surface area (Å²) in [6, 6.07) is -0.939. The molecule has 8 nitrogen and oxygen atoms in total. The average molecular weight is 1240 g/mol. The summed E-state index contributed by atoms with van der Waals surface area (Å²) in [5.41, 5.74) is 0. The number of phosphoric ester groups is 1. The molecule has 3 unspecified atom stereocenters. The number of aliphatic hydroxyl groups is 1. The van der Waals surface area contributed by atoms with Gasteiger partial charge in [-0.1, -0.05) is 299 Å². The Labute approximate surface area is 542 Å². The third kappa shape index (κ3) is 69.1. The maximum atomic E-state index is 13.0. The standard InChI is InChI=1S/C79H131N2O6P/c1-6-8-10-12-14-16-18-20-22-24-26-28-30-32-33-34-35-36-37-38-39-40-41-42-43-44-45-46-47-49-51-53-55-57-59-61-63-65-67-69-71-73-79(83)80-77(76-87-88(84,85)86-75-74-81(3,4)5)78(82)72-70-68-66-64-62-60-58-56-54-52-50-48-31-29-27-25-23-21-19-17-15-13-11-9-7-2/h8,10,14,16,20,22,26,28,32-33,35-36,38-39,41-42,44-45,47,49,53-56,59,61-62,64,70,72,77-78,82H,6-7,9,11-13,15,17-19,21,23-25,27,29-31,34,37,40,43,46,48,50-52,57-58,60,63,65-69,71,73-76H2,1-5H3,(H-,80,83,84,85)/b10-8-,16-14-,22-20-,28-26-,33-32-,36-35-,39-38-,42-41-,45-44-,49-47-,55-53-,56-54+,61-59-,64-62+,72-70+. The second-order valence-electron chi connectivity index (χ2n) is 24.1. The van der Waals surface area contributed by atoms with Gasteiger partial charge in [0.15, 0.2) is 0 Å². The maximum Gasteiger partial charge on any atom is 0.268 e. The summed E-state index contributed by atoms with van der Waals surface area (Å²) in [6.07, 6.45) is 107. The number of nitrogens with zero attached hydrogens (tertiary/aromatic N) is 1. The van der Waals surface area contributed by atoms with E-state index in [0.717, 1.165) is 122 Å². The molecule has 0 spiro atoms. The Balaban J connectivity index is 4.27. The number of likely N-dealkylation sites (N-methyl/N-ethyl adjacent to an activating group) is 1. The number of hydrogen-bond acceptors (Lipinski definition) is 6. The van der Waals surface area contributed by atoms with Crippen LogP contribution in [0.3, 0.4) is 0 Å². The summed E-state index contributed by atoms with van der Waals surface area (Å²) in [7, 11) is 1.19. The number of hydrogen-bond donors (Lipinski definition) is 2. The fourth-order valence-electron chi connectivity index (χ4n) is 9.17. The molecule has 1 amide bonds. The Kier molecular flexibility index (Phi) is 63.7. The smallest absolute Gasteiger partial charge is 0.268 e. The van der Waals surface area contributed by atoms with Gasteiger partial charge >= 0.3 is 0 Å². The molecule has 2 N–H and O–H groups in total. The van der Waals surface area contributed by atoms with Crippen LogP contribution in [0.4, 0.5) is 0 Å².